The van der Waals surface area contributed by atoms with Gasteiger partial charge in [-0.2, -0.15) is 0 Å². The molecular weight excluding hydrogens is 369 g/mol. The smallest absolute Gasteiger partial charge is 0.0701 e. The molecule has 0 aromatic carbocycles. The number of thiophene rings is 1. The zero-order valence-electron chi connectivity index (χ0n) is 11.1. The molecule has 1 aromatic rings. The fourth-order valence-electron chi connectivity index (χ4n) is 2.07. The molecule has 1 fully saturated rings. The minimum Gasteiger partial charge on any atom is -0.314 e. The fraction of sp³-hybridized carbons (Fsp3) is 0.667. The van der Waals surface area contributed by atoms with Crippen LogP contribution < -0.4 is 5.32 Å². The SMILES string of the molecule is CN(CCN1CCNCC1)Cc1csc(Br)c1.Cl.Cl. The van der Waals surface area contributed by atoms with Gasteiger partial charge in [-0.05, 0) is 40.0 Å². The van der Waals surface area contributed by atoms with Gasteiger partial charge in [0, 0.05) is 45.8 Å². The van der Waals surface area contributed by atoms with E-state index in [4.69, 9.17) is 0 Å². The second-order valence-corrected chi connectivity index (χ2v) is 6.88. The van der Waals surface area contributed by atoms with Crippen molar-refractivity contribution in [3.05, 3.63) is 20.8 Å². The quantitative estimate of drug-likeness (QED) is 0.833. The van der Waals surface area contributed by atoms with E-state index in [2.05, 4.69) is 49.5 Å². The Morgan fingerprint density at radius 2 is 2.05 bits per heavy atom. The highest BCUT2D eigenvalue weighted by molar-refractivity contribution is 9.11. The van der Waals surface area contributed by atoms with E-state index in [1.807, 2.05) is 0 Å². The molecule has 1 saturated heterocycles. The van der Waals surface area contributed by atoms with Crippen LogP contribution in [-0.2, 0) is 6.54 Å². The summed E-state index contributed by atoms with van der Waals surface area (Å²) in [5.74, 6) is 0. The lowest BCUT2D eigenvalue weighted by Crippen LogP contribution is -2.45. The number of rotatable bonds is 5. The highest BCUT2D eigenvalue weighted by Crippen LogP contribution is 2.21. The number of likely N-dealkylation sites (N-methyl/N-ethyl adjacent to an activating group) is 1. The standard InChI is InChI=1S/C12H20BrN3S.2ClH/c1-15(9-11-8-12(13)17-10-11)6-7-16-4-2-14-3-5-16;;/h8,10,14H,2-7,9H2,1H3;2*1H. The average molecular weight is 391 g/mol. The van der Waals surface area contributed by atoms with Gasteiger partial charge < -0.3 is 10.2 Å². The number of hydrogen-bond donors (Lipinski definition) is 1. The first-order valence-corrected chi connectivity index (χ1v) is 7.76. The van der Waals surface area contributed by atoms with Gasteiger partial charge >= 0.3 is 0 Å². The third-order valence-corrected chi connectivity index (χ3v) is 4.64. The number of hydrogen-bond acceptors (Lipinski definition) is 4. The lowest BCUT2D eigenvalue weighted by atomic mass is 10.3. The molecule has 112 valence electrons. The molecule has 3 nitrogen and oxygen atoms in total. The van der Waals surface area contributed by atoms with Crippen LogP contribution in [0, 0.1) is 0 Å². The van der Waals surface area contributed by atoms with Gasteiger partial charge in [0.1, 0.15) is 0 Å². The minimum absolute atomic E-state index is 0. The zero-order valence-corrected chi connectivity index (χ0v) is 15.1. The topological polar surface area (TPSA) is 18.5 Å². The molecule has 0 bridgehead atoms. The Hall–Kier alpha value is 0.640. The Bertz CT molecular complexity index is 345. The first kappa shape index (κ1) is 19.6. The van der Waals surface area contributed by atoms with Gasteiger partial charge in [-0.15, -0.1) is 36.2 Å². The van der Waals surface area contributed by atoms with Gasteiger partial charge in [-0.25, -0.2) is 0 Å². The summed E-state index contributed by atoms with van der Waals surface area (Å²) < 4.78 is 1.23. The Morgan fingerprint density at radius 3 is 2.63 bits per heavy atom. The lowest BCUT2D eigenvalue weighted by molar-refractivity contribution is 0.202. The molecule has 2 rings (SSSR count). The second kappa shape index (κ2) is 10.4. The van der Waals surface area contributed by atoms with Crippen LogP contribution in [0.3, 0.4) is 0 Å². The van der Waals surface area contributed by atoms with Crippen LogP contribution in [0.4, 0.5) is 0 Å². The molecule has 0 unspecified atom stereocenters. The molecule has 0 spiro atoms. The number of nitrogens with zero attached hydrogens (tertiary/aromatic N) is 2. The molecule has 1 aliphatic rings. The van der Waals surface area contributed by atoms with Crippen molar-refractivity contribution in [2.45, 2.75) is 6.54 Å². The molecule has 1 N–H and O–H groups in total. The zero-order chi connectivity index (χ0) is 12.1. The van der Waals surface area contributed by atoms with E-state index in [9.17, 15) is 0 Å². The predicted molar refractivity (Wildman–Crippen MR) is 92.2 cm³/mol. The maximum absolute atomic E-state index is 3.51. The predicted octanol–water partition coefficient (Wildman–Crippen LogP) is 2.69. The van der Waals surface area contributed by atoms with Crippen LogP contribution in [0.5, 0.6) is 0 Å². The maximum Gasteiger partial charge on any atom is 0.0701 e. The van der Waals surface area contributed by atoms with Gasteiger partial charge in [0.2, 0.25) is 0 Å². The van der Waals surface area contributed by atoms with Crippen molar-refractivity contribution in [2.24, 2.45) is 0 Å². The van der Waals surface area contributed by atoms with Gasteiger partial charge in [0.05, 0.1) is 3.79 Å². The molecule has 0 saturated carbocycles. The van der Waals surface area contributed by atoms with Crippen molar-refractivity contribution in [3.8, 4) is 0 Å². The third kappa shape index (κ3) is 7.27. The van der Waals surface area contributed by atoms with Crippen LogP contribution in [-0.4, -0.2) is 56.1 Å². The van der Waals surface area contributed by atoms with Crippen molar-refractivity contribution in [1.82, 2.24) is 15.1 Å². The third-order valence-electron chi connectivity index (χ3n) is 3.08. The summed E-state index contributed by atoms with van der Waals surface area (Å²) in [6, 6.07) is 2.21. The molecule has 1 aromatic heterocycles. The minimum atomic E-state index is 0. The molecule has 0 amide bonds. The van der Waals surface area contributed by atoms with E-state index in [1.165, 1.54) is 29.0 Å². The van der Waals surface area contributed by atoms with Crippen LogP contribution >= 0.6 is 52.1 Å². The van der Waals surface area contributed by atoms with E-state index >= 15 is 0 Å². The van der Waals surface area contributed by atoms with Gasteiger partial charge in [0.25, 0.3) is 0 Å². The van der Waals surface area contributed by atoms with Gasteiger partial charge in [-0.1, -0.05) is 0 Å². The molecule has 1 aliphatic heterocycles. The van der Waals surface area contributed by atoms with Gasteiger partial charge in [0.15, 0.2) is 0 Å². The van der Waals surface area contributed by atoms with Crippen LogP contribution in [0.1, 0.15) is 5.56 Å². The van der Waals surface area contributed by atoms with Crippen LogP contribution in [0.25, 0.3) is 0 Å². The van der Waals surface area contributed by atoms with Crippen molar-refractivity contribution < 1.29 is 0 Å². The van der Waals surface area contributed by atoms with Crippen LogP contribution in [0.2, 0.25) is 0 Å². The summed E-state index contributed by atoms with van der Waals surface area (Å²) >= 11 is 5.27. The number of piperazine rings is 1. The Labute approximate surface area is 140 Å². The lowest BCUT2D eigenvalue weighted by Gasteiger charge is -2.29. The van der Waals surface area contributed by atoms with Crippen LogP contribution in [0.15, 0.2) is 15.2 Å². The van der Waals surface area contributed by atoms with E-state index in [0.717, 1.165) is 26.2 Å². The van der Waals surface area contributed by atoms with E-state index in [-0.39, 0.29) is 24.8 Å². The Morgan fingerprint density at radius 1 is 1.37 bits per heavy atom. The molecule has 0 radical (unpaired) electrons. The largest absolute Gasteiger partial charge is 0.314 e. The Balaban J connectivity index is 0.00000162. The first-order valence-electron chi connectivity index (χ1n) is 6.08. The van der Waals surface area contributed by atoms with Crippen molar-refractivity contribution in [3.63, 3.8) is 0 Å². The number of halogens is 3. The summed E-state index contributed by atoms with van der Waals surface area (Å²) in [7, 11) is 2.20. The summed E-state index contributed by atoms with van der Waals surface area (Å²) in [5, 5.41) is 5.61. The summed E-state index contributed by atoms with van der Waals surface area (Å²) in [4.78, 5) is 4.94. The van der Waals surface area contributed by atoms with Crippen molar-refractivity contribution >= 4 is 52.1 Å². The normalized spacial score (nSPS) is 15.9. The highest BCUT2D eigenvalue weighted by Gasteiger charge is 2.10. The van der Waals surface area contributed by atoms with Crippen molar-refractivity contribution in [1.29, 1.82) is 0 Å². The number of nitrogens with one attached hydrogen (secondary N) is 1. The molecule has 19 heavy (non-hydrogen) atoms. The molecular formula is C12H22BrCl2N3S. The summed E-state index contributed by atoms with van der Waals surface area (Å²) in [5.41, 5.74) is 1.41. The first-order chi connectivity index (χ1) is 8.24. The van der Waals surface area contributed by atoms with E-state index in [0.29, 0.717) is 0 Å². The monoisotopic (exact) mass is 389 g/mol. The summed E-state index contributed by atoms with van der Waals surface area (Å²) in [6.45, 7) is 8.04. The maximum atomic E-state index is 3.51. The fourth-order valence-corrected chi connectivity index (χ4v) is 3.27. The second-order valence-electron chi connectivity index (χ2n) is 4.59. The molecule has 0 aliphatic carbocycles. The average Bonchev–Trinajstić information content (AvgIpc) is 2.73. The molecule has 0 atom stereocenters. The van der Waals surface area contributed by atoms with E-state index < -0.39 is 0 Å². The molecule has 7 heteroatoms. The summed E-state index contributed by atoms with van der Waals surface area (Å²) in [6.07, 6.45) is 0. The molecule has 2 heterocycles. The van der Waals surface area contributed by atoms with Crippen molar-refractivity contribution in [2.75, 3.05) is 46.3 Å². The van der Waals surface area contributed by atoms with Gasteiger partial charge in [-0.3, -0.25) is 4.90 Å². The van der Waals surface area contributed by atoms with E-state index in [1.54, 1.807) is 11.3 Å². The highest BCUT2D eigenvalue weighted by atomic mass is 79.9. The Kier molecular flexibility index (Phi) is 10.7.